The highest BCUT2D eigenvalue weighted by molar-refractivity contribution is 6.25. The number of hydrogen-bond donors (Lipinski definition) is 2. The Kier molecular flexibility index (Phi) is 6.52. The fourth-order valence-corrected chi connectivity index (χ4v) is 5.90. The zero-order valence-corrected chi connectivity index (χ0v) is 20.5. The third-order valence-corrected chi connectivity index (χ3v) is 7.93. The number of hydrogen-bond acceptors (Lipinski definition) is 5. The third kappa shape index (κ3) is 3.55. The van der Waals surface area contributed by atoms with E-state index >= 15 is 0 Å². The number of nitrogens with one attached hydrogen (secondary N) is 1. The molecule has 2 N–H and O–H groups in total. The molecule has 0 spiro atoms. The summed E-state index contributed by atoms with van der Waals surface area (Å²) in [5.41, 5.74) is 1.94. The van der Waals surface area contributed by atoms with Crippen LogP contribution in [0.1, 0.15) is 62.4 Å². The molecular formula is C28H31N3O4. The Morgan fingerprint density at radius 3 is 2.17 bits per heavy atom. The molecule has 4 rings (SSSR count). The van der Waals surface area contributed by atoms with E-state index in [-0.39, 0.29) is 5.91 Å². The van der Waals surface area contributed by atoms with Crippen molar-refractivity contribution in [2.45, 2.75) is 58.5 Å². The van der Waals surface area contributed by atoms with Gasteiger partial charge >= 0.3 is 5.97 Å². The second kappa shape index (κ2) is 9.27. The van der Waals surface area contributed by atoms with Crippen molar-refractivity contribution in [3.8, 4) is 6.07 Å². The SMILES string of the molecule is CCc1cccc(CC)c1N1C(=O)C2C(c3ccc(C#N)cc3)NC(C(=O)O)(C(C)CC)C2C1=O. The lowest BCUT2D eigenvalue weighted by molar-refractivity contribution is -0.151. The third-order valence-electron chi connectivity index (χ3n) is 7.93. The van der Waals surface area contributed by atoms with Gasteiger partial charge in [0.2, 0.25) is 11.8 Å². The quantitative estimate of drug-likeness (QED) is 0.588. The van der Waals surface area contributed by atoms with Gasteiger partial charge < -0.3 is 5.11 Å². The number of nitrogens with zero attached hydrogens (tertiary/aromatic N) is 2. The largest absolute Gasteiger partial charge is 0.480 e. The number of nitriles is 1. The fourth-order valence-electron chi connectivity index (χ4n) is 5.90. The number of para-hydroxylation sites is 1. The van der Waals surface area contributed by atoms with E-state index in [0.717, 1.165) is 11.1 Å². The number of carbonyl (C=O) groups is 3. The molecule has 2 heterocycles. The van der Waals surface area contributed by atoms with Crippen LogP contribution in [0.5, 0.6) is 0 Å². The molecule has 5 atom stereocenters. The Hall–Kier alpha value is -3.50. The first-order valence-corrected chi connectivity index (χ1v) is 12.3. The van der Waals surface area contributed by atoms with Crippen LogP contribution in [0.2, 0.25) is 0 Å². The summed E-state index contributed by atoms with van der Waals surface area (Å²) in [4.78, 5) is 42.4. The molecule has 35 heavy (non-hydrogen) atoms. The minimum atomic E-state index is -1.59. The molecule has 5 unspecified atom stereocenters. The number of carboxylic acids is 1. The number of benzene rings is 2. The Balaban J connectivity index is 1.93. The van der Waals surface area contributed by atoms with E-state index in [4.69, 9.17) is 0 Å². The monoisotopic (exact) mass is 473 g/mol. The number of aliphatic carboxylic acids is 1. The maximum absolute atomic E-state index is 14.1. The van der Waals surface area contributed by atoms with Crippen molar-refractivity contribution in [3.63, 3.8) is 0 Å². The predicted octanol–water partition coefficient (Wildman–Crippen LogP) is 4.00. The lowest BCUT2D eigenvalue weighted by Gasteiger charge is -2.36. The molecule has 0 saturated carbocycles. The summed E-state index contributed by atoms with van der Waals surface area (Å²) in [7, 11) is 0. The lowest BCUT2D eigenvalue weighted by atomic mass is 9.72. The molecule has 7 heteroatoms. The average Bonchev–Trinajstić information content (AvgIpc) is 3.37. The molecule has 2 fully saturated rings. The summed E-state index contributed by atoms with van der Waals surface area (Å²) in [5.74, 6) is -4.26. The maximum Gasteiger partial charge on any atom is 0.325 e. The van der Waals surface area contributed by atoms with Crippen LogP contribution in [0.25, 0.3) is 0 Å². The van der Waals surface area contributed by atoms with E-state index in [1.54, 1.807) is 24.3 Å². The smallest absolute Gasteiger partial charge is 0.325 e. The van der Waals surface area contributed by atoms with Crippen LogP contribution in [0.4, 0.5) is 5.69 Å². The van der Waals surface area contributed by atoms with Gasteiger partial charge in [0.25, 0.3) is 0 Å². The van der Waals surface area contributed by atoms with E-state index in [2.05, 4.69) is 11.4 Å². The molecule has 2 aliphatic rings. The summed E-state index contributed by atoms with van der Waals surface area (Å²) in [6.45, 7) is 7.66. The van der Waals surface area contributed by atoms with E-state index in [1.165, 1.54) is 4.90 Å². The first-order chi connectivity index (χ1) is 16.8. The van der Waals surface area contributed by atoms with E-state index in [1.807, 2.05) is 45.9 Å². The number of rotatable bonds is 7. The van der Waals surface area contributed by atoms with Crippen LogP contribution in [-0.4, -0.2) is 28.4 Å². The van der Waals surface area contributed by atoms with Crippen molar-refractivity contribution in [2.24, 2.45) is 17.8 Å². The molecule has 2 amide bonds. The normalized spacial score (nSPS) is 26.5. The van der Waals surface area contributed by atoms with Crippen molar-refractivity contribution in [1.29, 1.82) is 5.26 Å². The Morgan fingerprint density at radius 2 is 1.69 bits per heavy atom. The molecule has 0 aliphatic carbocycles. The zero-order valence-electron chi connectivity index (χ0n) is 20.5. The van der Waals surface area contributed by atoms with Crippen LogP contribution >= 0.6 is 0 Å². The molecule has 2 aromatic carbocycles. The van der Waals surface area contributed by atoms with Gasteiger partial charge in [-0.15, -0.1) is 0 Å². The van der Waals surface area contributed by atoms with Crippen LogP contribution in [0.15, 0.2) is 42.5 Å². The Morgan fingerprint density at radius 1 is 1.09 bits per heavy atom. The maximum atomic E-state index is 14.1. The molecular weight excluding hydrogens is 442 g/mol. The number of fused-ring (bicyclic) bond motifs is 1. The molecule has 0 bridgehead atoms. The predicted molar refractivity (Wildman–Crippen MR) is 132 cm³/mol. The van der Waals surface area contributed by atoms with E-state index in [9.17, 15) is 24.8 Å². The molecule has 0 radical (unpaired) electrons. The van der Waals surface area contributed by atoms with Crippen molar-refractivity contribution in [1.82, 2.24) is 5.32 Å². The number of carboxylic acid groups (broad SMARTS) is 1. The Bertz CT molecular complexity index is 1190. The first-order valence-electron chi connectivity index (χ1n) is 12.3. The zero-order chi connectivity index (χ0) is 25.5. The van der Waals surface area contributed by atoms with Crippen LogP contribution < -0.4 is 10.2 Å². The van der Waals surface area contributed by atoms with Crippen molar-refractivity contribution < 1.29 is 19.5 Å². The molecule has 2 aromatic rings. The average molecular weight is 474 g/mol. The molecule has 2 saturated heterocycles. The molecule has 7 nitrogen and oxygen atoms in total. The summed E-state index contributed by atoms with van der Waals surface area (Å²) in [5, 5.41) is 23.0. The van der Waals surface area contributed by atoms with Crippen molar-refractivity contribution >= 4 is 23.5 Å². The summed E-state index contributed by atoms with van der Waals surface area (Å²) < 4.78 is 0. The van der Waals surface area contributed by atoms with Crippen LogP contribution in [0, 0.1) is 29.1 Å². The number of amides is 2. The number of imide groups is 1. The second-order valence-electron chi connectivity index (χ2n) is 9.49. The number of carbonyl (C=O) groups excluding carboxylic acids is 2. The fraction of sp³-hybridized carbons (Fsp3) is 0.429. The van der Waals surface area contributed by atoms with Crippen molar-refractivity contribution in [3.05, 3.63) is 64.7 Å². The number of aryl methyl sites for hydroxylation is 2. The molecule has 182 valence electrons. The van der Waals surface area contributed by atoms with Gasteiger partial charge in [-0.2, -0.15) is 5.26 Å². The minimum Gasteiger partial charge on any atom is -0.480 e. The minimum absolute atomic E-state index is 0.371. The van der Waals surface area contributed by atoms with Gasteiger partial charge in [-0.25, -0.2) is 4.90 Å². The molecule has 0 aromatic heterocycles. The highest BCUT2D eigenvalue weighted by Gasteiger charge is 2.70. The van der Waals surface area contributed by atoms with E-state index < -0.39 is 41.2 Å². The summed E-state index contributed by atoms with van der Waals surface area (Å²) in [6, 6.07) is 13.9. The second-order valence-corrected chi connectivity index (χ2v) is 9.49. The topological polar surface area (TPSA) is 110 Å². The lowest BCUT2D eigenvalue weighted by Crippen LogP contribution is -2.59. The van der Waals surface area contributed by atoms with Crippen molar-refractivity contribution in [2.75, 3.05) is 4.90 Å². The van der Waals surface area contributed by atoms with Crippen LogP contribution in [0.3, 0.4) is 0 Å². The van der Waals surface area contributed by atoms with E-state index in [0.29, 0.717) is 36.1 Å². The van der Waals surface area contributed by atoms with Gasteiger partial charge in [-0.3, -0.25) is 19.7 Å². The van der Waals surface area contributed by atoms with Gasteiger partial charge in [-0.05, 0) is 47.6 Å². The highest BCUT2D eigenvalue weighted by atomic mass is 16.4. The Labute approximate surface area is 205 Å². The van der Waals surface area contributed by atoms with Gasteiger partial charge in [0.05, 0.1) is 29.2 Å². The van der Waals surface area contributed by atoms with Crippen LogP contribution in [-0.2, 0) is 27.2 Å². The summed E-state index contributed by atoms with van der Waals surface area (Å²) in [6.07, 6.45) is 1.81. The number of anilines is 1. The first kappa shape index (κ1) is 24.6. The van der Waals surface area contributed by atoms with Gasteiger partial charge in [0.15, 0.2) is 0 Å². The molecule has 2 aliphatic heterocycles. The highest BCUT2D eigenvalue weighted by Crippen LogP contribution is 2.53. The van der Waals surface area contributed by atoms with Gasteiger partial charge in [0, 0.05) is 6.04 Å². The standard InChI is InChI=1S/C28H31N3O4/c1-5-16(4)28(27(34)35)22-21(23(30-28)20-13-11-17(15-29)12-14-20)25(32)31(26(22)33)24-18(6-2)9-8-10-19(24)7-3/h8-14,16,21-23,30H,5-7H2,1-4H3,(H,34,35). The van der Waals surface area contributed by atoms with Gasteiger partial charge in [-0.1, -0.05) is 64.4 Å². The van der Waals surface area contributed by atoms with Gasteiger partial charge in [0.1, 0.15) is 5.54 Å². The summed E-state index contributed by atoms with van der Waals surface area (Å²) >= 11 is 0.